The maximum Gasteiger partial charge on any atom is 0.260 e. The molecule has 118 valence electrons. The topological polar surface area (TPSA) is 81.2 Å². The van der Waals surface area contributed by atoms with E-state index in [4.69, 9.17) is 5.73 Å². The van der Waals surface area contributed by atoms with Crippen LogP contribution in [0.2, 0.25) is 0 Å². The number of hydrogen-bond donors (Lipinski definition) is 1. The summed E-state index contributed by atoms with van der Waals surface area (Å²) in [5.74, 6) is 0.264. The molecule has 2 heterocycles. The van der Waals surface area contributed by atoms with Gasteiger partial charge in [-0.1, -0.05) is 30.3 Å². The van der Waals surface area contributed by atoms with Crippen LogP contribution in [-0.4, -0.2) is 42.1 Å². The van der Waals surface area contributed by atoms with Gasteiger partial charge in [0, 0.05) is 26.1 Å². The molecule has 1 saturated heterocycles. The van der Waals surface area contributed by atoms with Crippen LogP contribution in [0.3, 0.4) is 0 Å². The van der Waals surface area contributed by atoms with Crippen LogP contribution in [0, 0.1) is 5.92 Å². The van der Waals surface area contributed by atoms with E-state index in [1.807, 2.05) is 30.3 Å². The highest BCUT2D eigenvalue weighted by Gasteiger charge is 2.40. The molecule has 7 heteroatoms. The first-order valence-electron chi connectivity index (χ1n) is 7.27. The molecule has 6 nitrogen and oxygen atoms in total. The lowest BCUT2D eigenvalue weighted by Crippen LogP contribution is -2.31. The van der Waals surface area contributed by atoms with Gasteiger partial charge in [0.25, 0.3) is 10.0 Å². The third-order valence-electron chi connectivity index (χ3n) is 4.32. The molecule has 0 saturated carbocycles. The first-order chi connectivity index (χ1) is 10.5. The van der Waals surface area contributed by atoms with Crippen LogP contribution < -0.4 is 5.73 Å². The Labute approximate surface area is 130 Å². The van der Waals surface area contributed by atoms with E-state index < -0.39 is 10.0 Å². The average Bonchev–Trinajstić information content (AvgIpc) is 3.14. The third-order valence-corrected chi connectivity index (χ3v) is 6.22. The number of sulfonamides is 1. The van der Waals surface area contributed by atoms with Gasteiger partial charge in [-0.3, -0.25) is 4.68 Å². The van der Waals surface area contributed by atoms with Crippen molar-refractivity contribution in [3.63, 3.8) is 0 Å². The maximum absolute atomic E-state index is 12.8. The number of aromatic nitrogens is 2. The van der Waals surface area contributed by atoms with Gasteiger partial charge in [0.2, 0.25) is 0 Å². The number of hydrogen-bond acceptors (Lipinski definition) is 4. The van der Waals surface area contributed by atoms with Gasteiger partial charge in [-0.05, 0) is 24.1 Å². The van der Waals surface area contributed by atoms with Crippen molar-refractivity contribution in [1.82, 2.24) is 14.1 Å². The quantitative estimate of drug-likeness (QED) is 0.903. The van der Waals surface area contributed by atoms with Gasteiger partial charge >= 0.3 is 0 Å². The largest absolute Gasteiger partial charge is 0.330 e. The monoisotopic (exact) mass is 320 g/mol. The lowest BCUT2D eigenvalue weighted by atomic mass is 9.89. The number of benzene rings is 1. The molecule has 0 radical (unpaired) electrons. The predicted molar refractivity (Wildman–Crippen MR) is 83.7 cm³/mol. The molecule has 1 aliphatic heterocycles. The molecule has 0 amide bonds. The number of rotatable bonds is 4. The van der Waals surface area contributed by atoms with E-state index in [9.17, 15) is 8.42 Å². The van der Waals surface area contributed by atoms with Crippen LogP contribution in [0.15, 0.2) is 47.6 Å². The van der Waals surface area contributed by atoms with Crippen molar-refractivity contribution in [1.29, 1.82) is 0 Å². The first-order valence-corrected chi connectivity index (χ1v) is 8.71. The summed E-state index contributed by atoms with van der Waals surface area (Å²) in [5.41, 5.74) is 7.02. The van der Waals surface area contributed by atoms with Crippen molar-refractivity contribution < 1.29 is 8.42 Å². The molecule has 1 aromatic heterocycles. The second-order valence-electron chi connectivity index (χ2n) is 5.63. The minimum absolute atomic E-state index is 0.130. The summed E-state index contributed by atoms with van der Waals surface area (Å²) in [5, 5.41) is 4.18. The van der Waals surface area contributed by atoms with Crippen LogP contribution >= 0.6 is 0 Å². The summed E-state index contributed by atoms with van der Waals surface area (Å²) in [6.07, 6.45) is 1.50. The molecular formula is C15H20N4O2S. The predicted octanol–water partition coefficient (Wildman–Crippen LogP) is 0.783. The highest BCUT2D eigenvalue weighted by molar-refractivity contribution is 7.89. The van der Waals surface area contributed by atoms with Crippen molar-refractivity contribution in [2.45, 2.75) is 10.9 Å². The normalized spacial score (nSPS) is 23.0. The zero-order chi connectivity index (χ0) is 15.7. The van der Waals surface area contributed by atoms with Gasteiger partial charge in [-0.25, -0.2) is 8.42 Å². The lowest BCUT2D eigenvalue weighted by Gasteiger charge is -2.17. The van der Waals surface area contributed by atoms with Gasteiger partial charge in [0.15, 0.2) is 5.03 Å². The van der Waals surface area contributed by atoms with E-state index >= 15 is 0 Å². The molecule has 0 spiro atoms. The Bertz CT molecular complexity index is 742. The van der Waals surface area contributed by atoms with Crippen molar-refractivity contribution in [2.75, 3.05) is 19.6 Å². The third kappa shape index (κ3) is 2.55. The summed E-state index contributed by atoms with van der Waals surface area (Å²) in [6, 6.07) is 11.5. The first kappa shape index (κ1) is 15.2. The van der Waals surface area contributed by atoms with E-state index in [1.165, 1.54) is 21.3 Å². The molecule has 2 atom stereocenters. The van der Waals surface area contributed by atoms with Gasteiger partial charge in [0.1, 0.15) is 0 Å². The molecule has 3 rings (SSSR count). The van der Waals surface area contributed by atoms with Crippen molar-refractivity contribution >= 4 is 10.0 Å². The molecule has 1 aliphatic rings. The fourth-order valence-corrected chi connectivity index (χ4v) is 4.71. The molecule has 0 unspecified atom stereocenters. The Kier molecular flexibility index (Phi) is 4.03. The molecule has 2 N–H and O–H groups in total. The molecule has 0 bridgehead atoms. The Hall–Kier alpha value is -1.70. The summed E-state index contributed by atoms with van der Waals surface area (Å²) >= 11 is 0. The van der Waals surface area contributed by atoms with Crippen LogP contribution in [0.1, 0.15) is 11.5 Å². The average molecular weight is 320 g/mol. The van der Waals surface area contributed by atoms with Gasteiger partial charge in [-0.2, -0.15) is 9.40 Å². The summed E-state index contributed by atoms with van der Waals surface area (Å²) in [6.45, 7) is 1.37. The van der Waals surface area contributed by atoms with Crippen LogP contribution in [0.5, 0.6) is 0 Å². The van der Waals surface area contributed by atoms with Crippen LogP contribution in [-0.2, 0) is 17.1 Å². The van der Waals surface area contributed by atoms with E-state index in [-0.39, 0.29) is 16.9 Å². The number of aryl methyl sites for hydroxylation is 1. The highest BCUT2D eigenvalue weighted by Crippen LogP contribution is 2.34. The molecule has 22 heavy (non-hydrogen) atoms. The Balaban J connectivity index is 1.90. The number of nitrogens with zero attached hydrogens (tertiary/aromatic N) is 3. The molecule has 0 aliphatic carbocycles. The fourth-order valence-electron chi connectivity index (χ4n) is 3.09. The zero-order valence-electron chi connectivity index (χ0n) is 12.5. The minimum Gasteiger partial charge on any atom is -0.330 e. The van der Waals surface area contributed by atoms with Crippen LogP contribution in [0.4, 0.5) is 0 Å². The van der Waals surface area contributed by atoms with E-state index in [1.54, 1.807) is 7.05 Å². The molecule has 1 fully saturated rings. The van der Waals surface area contributed by atoms with E-state index in [0.717, 1.165) is 5.56 Å². The van der Waals surface area contributed by atoms with Gasteiger partial charge in [0.05, 0.1) is 6.20 Å². The summed E-state index contributed by atoms with van der Waals surface area (Å²) in [7, 11) is -1.89. The minimum atomic E-state index is -3.53. The SMILES string of the molecule is Cn1nccc1S(=O)(=O)N1C[C@@H](CN)[C@H](c2ccccc2)C1. The fraction of sp³-hybridized carbons (Fsp3) is 0.400. The maximum atomic E-state index is 12.8. The number of nitrogens with two attached hydrogens (primary N) is 1. The van der Waals surface area contributed by atoms with Crippen molar-refractivity contribution in [3.8, 4) is 0 Å². The molecular weight excluding hydrogens is 300 g/mol. The van der Waals surface area contributed by atoms with Gasteiger partial charge < -0.3 is 5.73 Å². The van der Waals surface area contributed by atoms with E-state index in [2.05, 4.69) is 5.10 Å². The Morgan fingerprint density at radius 3 is 2.55 bits per heavy atom. The second-order valence-corrected chi connectivity index (χ2v) is 7.51. The van der Waals surface area contributed by atoms with Crippen molar-refractivity contribution in [3.05, 3.63) is 48.2 Å². The van der Waals surface area contributed by atoms with Crippen LogP contribution in [0.25, 0.3) is 0 Å². The molecule has 1 aromatic carbocycles. The smallest absolute Gasteiger partial charge is 0.260 e. The standard InChI is InChI=1S/C15H20N4O2S/c1-18-15(7-8-17-18)22(20,21)19-10-13(9-16)14(11-19)12-5-3-2-4-6-12/h2-8,13-14H,9-11,16H2,1H3/t13-,14+/m1/s1. The van der Waals surface area contributed by atoms with E-state index in [0.29, 0.717) is 19.6 Å². The van der Waals surface area contributed by atoms with Crippen molar-refractivity contribution in [2.24, 2.45) is 18.7 Å². The Morgan fingerprint density at radius 1 is 1.23 bits per heavy atom. The summed E-state index contributed by atoms with van der Waals surface area (Å²) < 4.78 is 28.5. The van der Waals surface area contributed by atoms with Gasteiger partial charge in [-0.15, -0.1) is 0 Å². The summed E-state index contributed by atoms with van der Waals surface area (Å²) in [4.78, 5) is 0. The lowest BCUT2D eigenvalue weighted by molar-refractivity contribution is 0.451. The molecule has 2 aromatic rings. The Morgan fingerprint density at radius 2 is 1.95 bits per heavy atom. The zero-order valence-corrected chi connectivity index (χ0v) is 13.3. The highest BCUT2D eigenvalue weighted by atomic mass is 32.2. The second kappa shape index (κ2) is 5.83.